The summed E-state index contributed by atoms with van der Waals surface area (Å²) >= 11 is 5.81. The minimum atomic E-state index is -4.01. The van der Waals surface area contributed by atoms with Gasteiger partial charge < -0.3 is 10.4 Å². The van der Waals surface area contributed by atoms with E-state index in [4.69, 9.17) is 11.6 Å². The fraction of sp³-hybridized carbons (Fsp3) is 0.188. The fourth-order valence-corrected chi connectivity index (χ4v) is 3.47. The molecule has 0 bridgehead atoms. The second kappa shape index (κ2) is 7.81. The van der Waals surface area contributed by atoms with Crippen LogP contribution >= 0.6 is 11.6 Å². The third-order valence-corrected chi connectivity index (χ3v) is 5.09. The second-order valence-corrected chi connectivity index (χ2v) is 7.34. The minimum absolute atomic E-state index is 0.0666. The molecule has 3 N–H and O–H groups in total. The zero-order valence-electron chi connectivity index (χ0n) is 13.2. The van der Waals surface area contributed by atoms with Crippen molar-refractivity contribution in [3.05, 3.63) is 53.3 Å². The van der Waals surface area contributed by atoms with E-state index in [-0.39, 0.29) is 22.8 Å². The summed E-state index contributed by atoms with van der Waals surface area (Å²) in [6.07, 6.45) is 0.160. The molecular formula is C16H16ClFN2O4S. The molecule has 0 saturated heterocycles. The van der Waals surface area contributed by atoms with Crippen LogP contribution < -0.4 is 10.0 Å². The maximum atomic E-state index is 12.9. The molecule has 0 heterocycles. The summed E-state index contributed by atoms with van der Waals surface area (Å²) in [6, 6.07) is 7.24. The van der Waals surface area contributed by atoms with Crippen molar-refractivity contribution in [1.82, 2.24) is 4.72 Å². The molecule has 1 unspecified atom stereocenters. The van der Waals surface area contributed by atoms with Gasteiger partial charge in [0.25, 0.3) is 0 Å². The number of hydrogen-bond acceptors (Lipinski definition) is 4. The van der Waals surface area contributed by atoms with Crippen LogP contribution in [0.15, 0.2) is 47.4 Å². The van der Waals surface area contributed by atoms with Crippen LogP contribution in [-0.4, -0.2) is 25.5 Å². The molecule has 0 aliphatic carbocycles. The highest BCUT2D eigenvalue weighted by molar-refractivity contribution is 7.89. The van der Waals surface area contributed by atoms with E-state index in [1.807, 2.05) is 0 Å². The van der Waals surface area contributed by atoms with E-state index < -0.39 is 27.8 Å². The number of benzene rings is 2. The van der Waals surface area contributed by atoms with Gasteiger partial charge >= 0.3 is 0 Å². The first-order valence-electron chi connectivity index (χ1n) is 7.30. The second-order valence-electron chi connectivity index (χ2n) is 5.19. The van der Waals surface area contributed by atoms with Crippen LogP contribution in [-0.2, 0) is 14.8 Å². The quantitative estimate of drug-likeness (QED) is 0.665. The van der Waals surface area contributed by atoms with Crippen LogP contribution in [0.5, 0.6) is 5.75 Å². The number of rotatable bonds is 6. The number of amides is 1. The van der Waals surface area contributed by atoms with Gasteiger partial charge in [-0.25, -0.2) is 12.8 Å². The summed E-state index contributed by atoms with van der Waals surface area (Å²) in [5, 5.41) is 12.5. The molecule has 0 radical (unpaired) electrons. The lowest BCUT2D eigenvalue weighted by Crippen LogP contribution is -2.43. The SMILES string of the molecule is CCC(NS(=O)(=O)c1ccc(F)cc1)C(=O)Nc1cc(Cl)ccc1O. The lowest BCUT2D eigenvalue weighted by molar-refractivity contribution is -0.117. The van der Waals surface area contributed by atoms with Gasteiger partial charge in [-0.3, -0.25) is 4.79 Å². The maximum Gasteiger partial charge on any atom is 0.242 e. The summed E-state index contributed by atoms with van der Waals surface area (Å²) in [6.45, 7) is 1.62. The van der Waals surface area contributed by atoms with Crippen LogP contribution in [0, 0.1) is 5.82 Å². The number of phenolic OH excluding ortho intramolecular Hbond substituents is 1. The molecule has 0 aromatic heterocycles. The van der Waals surface area contributed by atoms with Crippen LogP contribution in [0.1, 0.15) is 13.3 Å². The van der Waals surface area contributed by atoms with E-state index in [0.717, 1.165) is 24.3 Å². The molecule has 0 saturated carbocycles. The van der Waals surface area contributed by atoms with Crippen molar-refractivity contribution in [3.63, 3.8) is 0 Å². The van der Waals surface area contributed by atoms with Crippen LogP contribution in [0.25, 0.3) is 0 Å². The lowest BCUT2D eigenvalue weighted by Gasteiger charge is -2.17. The van der Waals surface area contributed by atoms with E-state index in [0.29, 0.717) is 5.02 Å². The third kappa shape index (κ3) is 4.91. The molecule has 0 aliphatic rings. The fourth-order valence-electron chi connectivity index (χ4n) is 2.02. The number of aromatic hydroxyl groups is 1. The Morgan fingerprint density at radius 3 is 2.48 bits per heavy atom. The van der Waals surface area contributed by atoms with Gasteiger partial charge in [-0.1, -0.05) is 18.5 Å². The maximum absolute atomic E-state index is 12.9. The van der Waals surface area contributed by atoms with Gasteiger partial charge in [0.1, 0.15) is 17.6 Å². The highest BCUT2D eigenvalue weighted by Gasteiger charge is 2.25. The number of nitrogens with one attached hydrogen (secondary N) is 2. The van der Waals surface area contributed by atoms with Crippen LogP contribution in [0.3, 0.4) is 0 Å². The first-order chi connectivity index (χ1) is 11.7. The predicted molar refractivity (Wildman–Crippen MR) is 92.5 cm³/mol. The van der Waals surface area contributed by atoms with Gasteiger partial charge in [0, 0.05) is 5.02 Å². The molecule has 1 atom stereocenters. The molecular weight excluding hydrogens is 371 g/mol. The molecule has 25 heavy (non-hydrogen) atoms. The number of halogens is 2. The van der Waals surface area contributed by atoms with Crippen molar-refractivity contribution in [2.75, 3.05) is 5.32 Å². The van der Waals surface area contributed by atoms with Gasteiger partial charge in [-0.15, -0.1) is 0 Å². The largest absolute Gasteiger partial charge is 0.506 e. The molecule has 0 aliphatic heterocycles. The summed E-state index contributed by atoms with van der Waals surface area (Å²) in [5.41, 5.74) is 0.0666. The molecule has 134 valence electrons. The first-order valence-corrected chi connectivity index (χ1v) is 9.16. The Kier molecular flexibility index (Phi) is 5.99. The Morgan fingerprint density at radius 1 is 1.24 bits per heavy atom. The van der Waals surface area contributed by atoms with E-state index >= 15 is 0 Å². The Hall–Kier alpha value is -2.16. The Labute approximate surface area is 149 Å². The molecule has 0 fully saturated rings. The first kappa shape index (κ1) is 19.2. The molecule has 1 amide bonds. The van der Waals surface area contributed by atoms with Crippen molar-refractivity contribution in [2.24, 2.45) is 0 Å². The van der Waals surface area contributed by atoms with Crippen LogP contribution in [0.4, 0.5) is 10.1 Å². The van der Waals surface area contributed by atoms with Crippen LogP contribution in [0.2, 0.25) is 5.02 Å². The summed E-state index contributed by atoms with van der Waals surface area (Å²) in [7, 11) is -4.01. The molecule has 2 aromatic rings. The molecule has 9 heteroatoms. The molecule has 0 spiro atoms. The number of anilines is 1. The van der Waals surface area contributed by atoms with Gasteiger partial charge in [0.2, 0.25) is 15.9 Å². The van der Waals surface area contributed by atoms with Crippen molar-refractivity contribution in [2.45, 2.75) is 24.3 Å². The monoisotopic (exact) mass is 386 g/mol. The van der Waals surface area contributed by atoms with E-state index in [9.17, 15) is 22.7 Å². The van der Waals surface area contributed by atoms with E-state index in [1.165, 1.54) is 18.2 Å². The smallest absolute Gasteiger partial charge is 0.242 e. The molecule has 2 rings (SSSR count). The van der Waals surface area contributed by atoms with Crippen molar-refractivity contribution < 1.29 is 22.7 Å². The number of carbonyl (C=O) groups is 1. The molecule has 2 aromatic carbocycles. The molecule has 6 nitrogen and oxygen atoms in total. The van der Waals surface area contributed by atoms with E-state index in [2.05, 4.69) is 10.0 Å². The van der Waals surface area contributed by atoms with E-state index in [1.54, 1.807) is 6.92 Å². The Bertz CT molecular complexity index is 872. The average Bonchev–Trinajstić information content (AvgIpc) is 2.56. The topological polar surface area (TPSA) is 95.5 Å². The Morgan fingerprint density at radius 2 is 1.88 bits per heavy atom. The predicted octanol–water partition coefficient (Wildman–Crippen LogP) is 2.88. The van der Waals surface area contributed by atoms with Gasteiger partial charge in [-0.05, 0) is 48.9 Å². The van der Waals surface area contributed by atoms with Gasteiger partial charge in [0.15, 0.2) is 0 Å². The van der Waals surface area contributed by atoms with Crippen molar-refractivity contribution >= 4 is 33.2 Å². The van der Waals surface area contributed by atoms with Gasteiger partial charge in [0.05, 0.1) is 10.6 Å². The lowest BCUT2D eigenvalue weighted by atomic mass is 10.2. The Balaban J connectivity index is 2.17. The summed E-state index contributed by atoms with van der Waals surface area (Å²) in [4.78, 5) is 12.2. The highest BCUT2D eigenvalue weighted by Crippen LogP contribution is 2.26. The normalized spacial score (nSPS) is 12.6. The third-order valence-electron chi connectivity index (χ3n) is 3.36. The number of sulfonamides is 1. The number of carbonyl (C=O) groups excluding carboxylic acids is 1. The number of hydrogen-bond donors (Lipinski definition) is 3. The summed E-state index contributed by atoms with van der Waals surface area (Å²) in [5.74, 6) is -1.43. The van der Waals surface area contributed by atoms with Gasteiger partial charge in [-0.2, -0.15) is 4.72 Å². The number of phenols is 1. The minimum Gasteiger partial charge on any atom is -0.506 e. The average molecular weight is 387 g/mol. The standard InChI is InChI=1S/C16H16ClFN2O4S/c1-2-13(16(22)19-14-9-10(17)3-8-15(14)21)20-25(23,24)12-6-4-11(18)5-7-12/h3-9,13,20-21H,2H2,1H3,(H,19,22). The zero-order chi connectivity index (χ0) is 18.6. The van der Waals surface area contributed by atoms with Crippen molar-refractivity contribution in [1.29, 1.82) is 0 Å². The van der Waals surface area contributed by atoms with Crippen molar-refractivity contribution in [3.8, 4) is 5.75 Å². The summed E-state index contributed by atoms with van der Waals surface area (Å²) < 4.78 is 39.8. The zero-order valence-corrected chi connectivity index (χ0v) is 14.7. The highest BCUT2D eigenvalue weighted by atomic mass is 35.5.